The van der Waals surface area contributed by atoms with Gasteiger partial charge in [0.15, 0.2) is 0 Å². The number of aliphatic hydroxyl groups is 1. The number of benzene rings is 2. The van der Waals surface area contributed by atoms with Gasteiger partial charge in [-0.3, -0.25) is 9.59 Å². The molecule has 3 aliphatic rings. The van der Waals surface area contributed by atoms with Crippen LogP contribution in [-0.2, 0) is 29.6 Å². The van der Waals surface area contributed by atoms with Gasteiger partial charge < -0.3 is 25.2 Å². The van der Waals surface area contributed by atoms with Crippen molar-refractivity contribution in [2.45, 2.75) is 46.8 Å². The second kappa shape index (κ2) is 11.4. The van der Waals surface area contributed by atoms with E-state index in [1.807, 2.05) is 0 Å². The second-order valence-electron chi connectivity index (χ2n) is 10.3. The van der Waals surface area contributed by atoms with Gasteiger partial charge in [0.2, 0.25) is 20.0 Å². The number of carbonyl (C=O) groups excluding carboxylic acids is 2. The molecule has 0 aromatic heterocycles. The van der Waals surface area contributed by atoms with E-state index in [9.17, 15) is 31.5 Å². The van der Waals surface area contributed by atoms with E-state index in [-0.39, 0.29) is 47.6 Å². The Morgan fingerprint density at radius 3 is 2.61 bits per heavy atom. The highest BCUT2D eigenvalue weighted by Gasteiger charge is 2.45. The number of piperidine rings is 1. The number of carbonyl (C=O) groups is 2. The molecule has 3 aliphatic heterocycles. The van der Waals surface area contributed by atoms with Crippen LogP contribution >= 0.6 is 0 Å². The van der Waals surface area contributed by atoms with Crippen molar-refractivity contribution in [3.63, 3.8) is 0 Å². The van der Waals surface area contributed by atoms with Gasteiger partial charge in [0.25, 0.3) is 11.7 Å². The number of rotatable bonds is 10. The van der Waals surface area contributed by atoms with Crippen LogP contribution in [0.15, 0.2) is 52.3 Å². The minimum atomic E-state index is -3.86. The molecule has 0 saturated carbocycles. The normalized spacial score (nSPS) is 21.6. The molecule has 2 atom stereocenters. The van der Waals surface area contributed by atoms with Crippen LogP contribution in [0, 0.1) is 0 Å². The van der Waals surface area contributed by atoms with Gasteiger partial charge in [-0.2, -0.15) is 4.31 Å². The second-order valence-corrected chi connectivity index (χ2v) is 14.2. The van der Waals surface area contributed by atoms with E-state index in [0.717, 1.165) is 0 Å². The van der Waals surface area contributed by atoms with E-state index in [4.69, 9.17) is 9.47 Å². The van der Waals surface area contributed by atoms with Gasteiger partial charge in [-0.25, -0.2) is 21.6 Å². The summed E-state index contributed by atoms with van der Waals surface area (Å²) in [6, 6.07) is 10.0. The molecular formula is C26H32N4O9S2. The molecule has 5 rings (SSSR count). The molecule has 0 radical (unpaired) electrons. The van der Waals surface area contributed by atoms with Gasteiger partial charge in [-0.15, -0.1) is 0 Å². The Morgan fingerprint density at radius 2 is 1.88 bits per heavy atom. The Labute approximate surface area is 238 Å². The molecule has 15 heteroatoms. The SMILES string of the molecule is CNS(=O)(=O)c1cccc(OCC(O)CN[C@H]2COC3(CCN(S(=O)(=O)c4ccc5c(c4)C(=O)C(=O)N5)CC3)C2)c1. The average molecular weight is 609 g/mol. The van der Waals surface area contributed by atoms with Crippen molar-refractivity contribution < 1.29 is 41.0 Å². The van der Waals surface area contributed by atoms with Crippen LogP contribution in [0.25, 0.3) is 0 Å². The average Bonchev–Trinajstić information content (AvgIpc) is 3.50. The predicted molar refractivity (Wildman–Crippen MR) is 147 cm³/mol. The summed E-state index contributed by atoms with van der Waals surface area (Å²) in [7, 11) is -6.15. The number of nitrogens with zero attached hydrogens (tertiary/aromatic N) is 1. The summed E-state index contributed by atoms with van der Waals surface area (Å²) in [5.41, 5.74) is -0.116. The van der Waals surface area contributed by atoms with E-state index in [2.05, 4.69) is 15.4 Å². The molecule has 1 unspecified atom stereocenters. The summed E-state index contributed by atoms with van der Waals surface area (Å²) in [6.07, 6.45) is 0.782. The molecule has 13 nitrogen and oxygen atoms in total. The minimum absolute atomic E-state index is 0.0319. The van der Waals surface area contributed by atoms with Crippen molar-refractivity contribution in [3.05, 3.63) is 48.0 Å². The first kappa shape index (κ1) is 29.6. The van der Waals surface area contributed by atoms with Crippen LogP contribution in [0.5, 0.6) is 5.75 Å². The molecule has 222 valence electrons. The molecule has 2 fully saturated rings. The molecular weight excluding hydrogens is 576 g/mol. The summed E-state index contributed by atoms with van der Waals surface area (Å²) in [4.78, 5) is 23.7. The van der Waals surface area contributed by atoms with Gasteiger partial charge in [0.05, 0.1) is 33.2 Å². The highest BCUT2D eigenvalue weighted by molar-refractivity contribution is 7.89. The first-order valence-electron chi connectivity index (χ1n) is 13.1. The lowest BCUT2D eigenvalue weighted by molar-refractivity contribution is -0.112. The van der Waals surface area contributed by atoms with Crippen molar-refractivity contribution in [2.75, 3.05) is 45.2 Å². The van der Waals surface area contributed by atoms with Crippen molar-refractivity contribution in [2.24, 2.45) is 0 Å². The molecule has 2 aromatic rings. The number of nitrogens with one attached hydrogen (secondary N) is 3. The number of aliphatic hydroxyl groups excluding tert-OH is 1. The van der Waals surface area contributed by atoms with E-state index >= 15 is 0 Å². The van der Waals surface area contributed by atoms with Gasteiger partial charge in [-0.05, 0) is 56.6 Å². The van der Waals surface area contributed by atoms with E-state index in [1.165, 1.54) is 41.7 Å². The molecule has 0 aliphatic carbocycles. The van der Waals surface area contributed by atoms with Gasteiger partial charge in [0, 0.05) is 31.7 Å². The third kappa shape index (κ3) is 6.16. The third-order valence-corrected chi connectivity index (χ3v) is 10.9. The van der Waals surface area contributed by atoms with Crippen molar-refractivity contribution in [1.82, 2.24) is 14.3 Å². The lowest BCUT2D eigenvalue weighted by atomic mass is 9.88. The monoisotopic (exact) mass is 608 g/mol. The Balaban J connectivity index is 1.09. The summed E-state index contributed by atoms with van der Waals surface area (Å²) in [5, 5.41) is 16.1. The first-order chi connectivity index (χ1) is 19.4. The fraction of sp³-hybridized carbons (Fsp3) is 0.462. The quantitative estimate of drug-likeness (QED) is 0.270. The molecule has 0 bridgehead atoms. The van der Waals surface area contributed by atoms with Gasteiger partial charge in [-0.1, -0.05) is 6.07 Å². The topological polar surface area (TPSA) is 180 Å². The standard InChI is InChI=1S/C26H32N4O9S2/c1-27-40(34,35)20-4-2-3-19(11-20)38-16-18(31)14-28-17-13-26(39-15-17)7-9-30(10-8-26)41(36,37)21-5-6-23-22(12-21)24(32)25(33)29-23/h2-6,11-12,17-18,27-28,31H,7-10,13-16H2,1H3,(H,29,32,33)/t17-,18?/m1/s1. The summed E-state index contributed by atoms with van der Waals surface area (Å²) in [6.45, 7) is 1.10. The zero-order chi connectivity index (χ0) is 29.4. The van der Waals surface area contributed by atoms with Crippen LogP contribution in [0.2, 0.25) is 0 Å². The number of anilines is 1. The summed E-state index contributed by atoms with van der Waals surface area (Å²) < 4.78 is 65.7. The number of hydrogen-bond acceptors (Lipinski definition) is 10. The fourth-order valence-corrected chi connectivity index (χ4v) is 7.53. The van der Waals surface area contributed by atoms with Gasteiger partial charge in [0.1, 0.15) is 18.5 Å². The number of ketones is 1. The molecule has 2 aromatic carbocycles. The zero-order valence-corrected chi connectivity index (χ0v) is 24.0. The highest BCUT2D eigenvalue weighted by Crippen LogP contribution is 2.38. The maximum absolute atomic E-state index is 13.3. The highest BCUT2D eigenvalue weighted by atomic mass is 32.2. The van der Waals surface area contributed by atoms with Crippen molar-refractivity contribution in [1.29, 1.82) is 0 Å². The van der Waals surface area contributed by atoms with Crippen molar-refractivity contribution >= 4 is 37.4 Å². The number of Topliss-reactive ketones (excluding diaryl/α,β-unsaturated/α-hetero) is 1. The third-order valence-electron chi connectivity index (χ3n) is 7.64. The Hall–Kier alpha value is -2.92. The van der Waals surface area contributed by atoms with Crippen LogP contribution in [0.1, 0.15) is 29.6 Å². The Bertz CT molecular complexity index is 1550. The number of ether oxygens (including phenoxy) is 2. The summed E-state index contributed by atoms with van der Waals surface area (Å²) in [5.74, 6) is -1.20. The largest absolute Gasteiger partial charge is 0.491 e. The Kier molecular flexibility index (Phi) is 8.22. The molecule has 1 amide bonds. The minimum Gasteiger partial charge on any atom is -0.491 e. The van der Waals surface area contributed by atoms with Crippen molar-refractivity contribution in [3.8, 4) is 5.75 Å². The van der Waals surface area contributed by atoms with E-state index in [1.54, 1.807) is 12.1 Å². The molecule has 2 saturated heterocycles. The van der Waals surface area contributed by atoms with Crippen LogP contribution < -0.4 is 20.1 Å². The predicted octanol–water partition coefficient (Wildman–Crippen LogP) is 0.0712. The van der Waals surface area contributed by atoms with Crippen LogP contribution in [-0.4, -0.2) is 95.6 Å². The van der Waals surface area contributed by atoms with Gasteiger partial charge >= 0.3 is 0 Å². The smallest absolute Gasteiger partial charge is 0.296 e. The lowest BCUT2D eigenvalue weighted by Crippen LogP contribution is -2.47. The number of amides is 1. The lowest BCUT2D eigenvalue weighted by Gasteiger charge is -2.38. The number of sulfonamides is 2. The van der Waals surface area contributed by atoms with E-state index < -0.39 is 43.4 Å². The molecule has 3 heterocycles. The Morgan fingerprint density at radius 1 is 1.12 bits per heavy atom. The summed E-state index contributed by atoms with van der Waals surface area (Å²) >= 11 is 0. The fourth-order valence-electron chi connectivity index (χ4n) is 5.29. The maximum Gasteiger partial charge on any atom is 0.296 e. The molecule has 4 N–H and O–H groups in total. The zero-order valence-electron chi connectivity index (χ0n) is 22.3. The van der Waals surface area contributed by atoms with Crippen LogP contribution in [0.4, 0.5) is 5.69 Å². The molecule has 41 heavy (non-hydrogen) atoms. The molecule has 1 spiro atoms. The number of hydrogen-bond donors (Lipinski definition) is 4. The maximum atomic E-state index is 13.3. The van der Waals surface area contributed by atoms with E-state index in [0.29, 0.717) is 37.3 Å². The van der Waals surface area contributed by atoms with Crippen LogP contribution in [0.3, 0.4) is 0 Å². The number of fused-ring (bicyclic) bond motifs is 1. The first-order valence-corrected chi connectivity index (χ1v) is 16.1.